The van der Waals surface area contributed by atoms with Gasteiger partial charge in [-0.1, -0.05) is 54.1 Å². The minimum absolute atomic E-state index is 0.265. The summed E-state index contributed by atoms with van der Waals surface area (Å²) in [6.07, 6.45) is 3.85. The average molecular weight is 231 g/mol. The van der Waals surface area contributed by atoms with Crippen LogP contribution in [-0.2, 0) is 0 Å². The summed E-state index contributed by atoms with van der Waals surface area (Å²) < 4.78 is 0. The quantitative estimate of drug-likeness (QED) is 0.766. The van der Waals surface area contributed by atoms with Gasteiger partial charge in [0.2, 0.25) is 0 Å². The van der Waals surface area contributed by atoms with Crippen LogP contribution in [0.1, 0.15) is 11.1 Å². The fourth-order valence-corrected chi connectivity index (χ4v) is 1.62. The lowest BCUT2D eigenvalue weighted by atomic mass is 10.1. The number of phenols is 1. The van der Waals surface area contributed by atoms with Gasteiger partial charge < -0.3 is 5.11 Å². The van der Waals surface area contributed by atoms with E-state index in [4.69, 9.17) is 11.6 Å². The Hall–Kier alpha value is -1.73. The summed E-state index contributed by atoms with van der Waals surface area (Å²) in [7, 11) is 0. The fraction of sp³-hybridized carbons (Fsp3) is 0. The monoisotopic (exact) mass is 230 g/mol. The smallest absolute Gasteiger partial charge is 0.116 e. The molecule has 0 radical (unpaired) electrons. The highest BCUT2D eigenvalue weighted by Gasteiger charge is 1.94. The maximum absolute atomic E-state index is 9.30. The predicted octanol–water partition coefficient (Wildman–Crippen LogP) is 4.22. The number of hydrogen-bond donors (Lipinski definition) is 1. The van der Waals surface area contributed by atoms with Gasteiger partial charge in [-0.25, -0.2) is 0 Å². The van der Waals surface area contributed by atoms with Crippen molar-refractivity contribution in [2.24, 2.45) is 0 Å². The summed E-state index contributed by atoms with van der Waals surface area (Å²) in [6.45, 7) is 0. The van der Waals surface area contributed by atoms with E-state index < -0.39 is 0 Å². The molecule has 0 unspecified atom stereocenters. The van der Waals surface area contributed by atoms with Gasteiger partial charge in [0.15, 0.2) is 0 Å². The summed E-state index contributed by atoms with van der Waals surface area (Å²) in [4.78, 5) is 0. The van der Waals surface area contributed by atoms with E-state index in [2.05, 4.69) is 0 Å². The van der Waals surface area contributed by atoms with E-state index in [0.29, 0.717) is 0 Å². The Morgan fingerprint density at radius 2 is 1.75 bits per heavy atom. The van der Waals surface area contributed by atoms with E-state index in [1.54, 1.807) is 12.1 Å². The molecular formula is C14H11ClO. The zero-order valence-corrected chi connectivity index (χ0v) is 9.35. The molecule has 0 heterocycles. The summed E-state index contributed by atoms with van der Waals surface area (Å²) >= 11 is 6.02. The Morgan fingerprint density at radius 1 is 0.938 bits per heavy atom. The lowest BCUT2D eigenvalue weighted by molar-refractivity contribution is 0.475. The van der Waals surface area contributed by atoms with Crippen LogP contribution in [0, 0.1) is 0 Å². The predicted molar refractivity (Wildman–Crippen MR) is 68.5 cm³/mol. The van der Waals surface area contributed by atoms with Gasteiger partial charge in [-0.15, -0.1) is 0 Å². The van der Waals surface area contributed by atoms with Crippen LogP contribution in [0.3, 0.4) is 0 Å². The zero-order valence-electron chi connectivity index (χ0n) is 8.60. The van der Waals surface area contributed by atoms with Crippen LogP contribution in [-0.4, -0.2) is 5.11 Å². The van der Waals surface area contributed by atoms with Crippen molar-refractivity contribution in [2.75, 3.05) is 0 Å². The van der Waals surface area contributed by atoms with Crippen molar-refractivity contribution >= 4 is 23.8 Å². The van der Waals surface area contributed by atoms with Crippen molar-refractivity contribution < 1.29 is 5.11 Å². The van der Waals surface area contributed by atoms with Crippen LogP contribution in [0.5, 0.6) is 5.75 Å². The topological polar surface area (TPSA) is 20.2 Å². The molecule has 0 aromatic heterocycles. The average Bonchev–Trinajstić information content (AvgIpc) is 2.28. The van der Waals surface area contributed by atoms with E-state index in [-0.39, 0.29) is 5.75 Å². The first-order valence-electron chi connectivity index (χ1n) is 4.97. The molecule has 0 fully saturated rings. The number of phenolic OH excluding ortho intramolecular Hbond substituents is 1. The molecule has 0 bridgehead atoms. The normalized spacial score (nSPS) is 10.8. The van der Waals surface area contributed by atoms with Gasteiger partial charge >= 0.3 is 0 Å². The van der Waals surface area contributed by atoms with Crippen molar-refractivity contribution in [1.82, 2.24) is 0 Å². The molecule has 2 rings (SSSR count). The second kappa shape index (κ2) is 4.86. The molecule has 80 valence electrons. The molecule has 0 aliphatic heterocycles. The van der Waals surface area contributed by atoms with E-state index in [1.165, 1.54) is 0 Å². The Labute approximate surface area is 99.6 Å². The van der Waals surface area contributed by atoms with Crippen molar-refractivity contribution in [3.8, 4) is 5.75 Å². The highest BCUT2D eigenvalue weighted by atomic mass is 35.5. The van der Waals surface area contributed by atoms with Crippen LogP contribution < -0.4 is 0 Å². The lowest BCUT2D eigenvalue weighted by Crippen LogP contribution is -1.74. The Kier molecular flexibility index (Phi) is 3.28. The molecule has 0 saturated heterocycles. The fourth-order valence-electron chi connectivity index (χ4n) is 1.42. The molecule has 2 aromatic carbocycles. The first-order chi connectivity index (χ1) is 7.75. The van der Waals surface area contributed by atoms with Gasteiger partial charge in [0.05, 0.1) is 0 Å². The molecule has 2 heteroatoms. The van der Waals surface area contributed by atoms with Gasteiger partial charge in [-0.05, 0) is 29.3 Å². The minimum atomic E-state index is 0.265. The highest BCUT2D eigenvalue weighted by Crippen LogP contribution is 2.19. The van der Waals surface area contributed by atoms with Crippen LogP contribution in [0.2, 0.25) is 5.02 Å². The largest absolute Gasteiger partial charge is 0.508 e. The van der Waals surface area contributed by atoms with Crippen molar-refractivity contribution in [1.29, 1.82) is 0 Å². The number of halogens is 1. The summed E-state index contributed by atoms with van der Waals surface area (Å²) in [5.74, 6) is 0.265. The minimum Gasteiger partial charge on any atom is -0.508 e. The molecule has 1 N–H and O–H groups in total. The second-order valence-electron chi connectivity index (χ2n) is 3.45. The summed E-state index contributed by atoms with van der Waals surface area (Å²) in [5.41, 5.74) is 1.91. The maximum atomic E-state index is 9.30. The van der Waals surface area contributed by atoms with Crippen LogP contribution in [0.15, 0.2) is 48.5 Å². The van der Waals surface area contributed by atoms with Crippen molar-refractivity contribution in [3.63, 3.8) is 0 Å². The van der Waals surface area contributed by atoms with E-state index in [0.717, 1.165) is 16.1 Å². The number of aromatic hydroxyl groups is 1. The van der Waals surface area contributed by atoms with E-state index >= 15 is 0 Å². The number of benzene rings is 2. The first-order valence-corrected chi connectivity index (χ1v) is 5.35. The van der Waals surface area contributed by atoms with Gasteiger partial charge in [-0.2, -0.15) is 0 Å². The second-order valence-corrected chi connectivity index (χ2v) is 3.86. The van der Waals surface area contributed by atoms with E-state index in [1.807, 2.05) is 48.6 Å². The Balaban J connectivity index is 2.25. The molecule has 0 aliphatic rings. The lowest BCUT2D eigenvalue weighted by Gasteiger charge is -1.97. The molecule has 0 aliphatic carbocycles. The van der Waals surface area contributed by atoms with Gasteiger partial charge in [0.25, 0.3) is 0 Å². The third kappa shape index (κ3) is 2.65. The van der Waals surface area contributed by atoms with Crippen LogP contribution in [0.4, 0.5) is 0 Å². The molecule has 16 heavy (non-hydrogen) atoms. The molecule has 0 atom stereocenters. The van der Waals surface area contributed by atoms with Crippen molar-refractivity contribution in [2.45, 2.75) is 0 Å². The third-order valence-corrected chi connectivity index (χ3v) is 2.57. The first kappa shape index (κ1) is 10.8. The zero-order chi connectivity index (χ0) is 11.4. The number of hydrogen-bond acceptors (Lipinski definition) is 1. The maximum Gasteiger partial charge on any atom is 0.116 e. The Bertz CT molecular complexity index is 518. The summed E-state index contributed by atoms with van der Waals surface area (Å²) in [5, 5.41) is 10.0. The molecule has 1 nitrogen and oxygen atoms in total. The Morgan fingerprint density at radius 3 is 2.50 bits per heavy atom. The highest BCUT2D eigenvalue weighted by molar-refractivity contribution is 6.32. The molecule has 2 aromatic rings. The molecule has 0 saturated carbocycles. The van der Waals surface area contributed by atoms with Gasteiger partial charge in [0, 0.05) is 5.02 Å². The summed E-state index contributed by atoms with van der Waals surface area (Å²) in [6, 6.07) is 14.7. The van der Waals surface area contributed by atoms with Gasteiger partial charge in [-0.3, -0.25) is 0 Å². The SMILES string of the molecule is Oc1cccc(/C=C/c2ccccc2Cl)c1. The number of rotatable bonds is 2. The van der Waals surface area contributed by atoms with E-state index in [9.17, 15) is 5.11 Å². The van der Waals surface area contributed by atoms with Crippen LogP contribution >= 0.6 is 11.6 Å². The molecule has 0 amide bonds. The molecule has 0 spiro atoms. The molecular weight excluding hydrogens is 220 g/mol. The van der Waals surface area contributed by atoms with Crippen molar-refractivity contribution in [3.05, 3.63) is 64.7 Å². The standard InChI is InChI=1S/C14H11ClO/c15-14-7-2-1-5-12(14)9-8-11-4-3-6-13(16)10-11/h1-10,16H/b9-8+. The van der Waals surface area contributed by atoms with Gasteiger partial charge in [0.1, 0.15) is 5.75 Å². The third-order valence-electron chi connectivity index (χ3n) is 2.23. The van der Waals surface area contributed by atoms with Crippen LogP contribution in [0.25, 0.3) is 12.2 Å².